The lowest BCUT2D eigenvalue weighted by Crippen LogP contribution is -2.46. The van der Waals surface area contributed by atoms with Crippen molar-refractivity contribution in [1.29, 1.82) is 0 Å². The van der Waals surface area contributed by atoms with Crippen LogP contribution in [0.5, 0.6) is 11.5 Å². The van der Waals surface area contributed by atoms with Crippen LogP contribution in [0.25, 0.3) is 0 Å². The Bertz CT molecular complexity index is 504. The number of benzene rings is 1. The highest BCUT2D eigenvalue weighted by Crippen LogP contribution is 2.33. The first-order valence-electron chi connectivity index (χ1n) is 7.44. The molecule has 5 heteroatoms. The van der Waals surface area contributed by atoms with Gasteiger partial charge in [0.25, 0.3) is 0 Å². The molecule has 21 heavy (non-hydrogen) atoms. The smallest absolute Gasteiger partial charge is 0.231 e. The number of fused-ring (bicyclic) bond motifs is 1. The van der Waals surface area contributed by atoms with Crippen LogP contribution in [0.2, 0.25) is 0 Å². The van der Waals surface area contributed by atoms with Gasteiger partial charge in [-0.05, 0) is 50.4 Å². The van der Waals surface area contributed by atoms with Gasteiger partial charge >= 0.3 is 0 Å². The van der Waals surface area contributed by atoms with Crippen molar-refractivity contribution >= 4 is 5.91 Å². The minimum Gasteiger partial charge on any atom is -0.454 e. The van der Waals surface area contributed by atoms with E-state index in [4.69, 9.17) is 15.2 Å². The summed E-state index contributed by atoms with van der Waals surface area (Å²) in [4.78, 5) is 11.3. The van der Waals surface area contributed by atoms with Gasteiger partial charge in [-0.3, -0.25) is 4.79 Å². The third-order valence-corrected chi connectivity index (χ3v) is 3.77. The molecule has 0 spiro atoms. The predicted octanol–water partition coefficient (Wildman–Crippen LogP) is 1.98. The van der Waals surface area contributed by atoms with Crippen LogP contribution in [0.15, 0.2) is 18.2 Å². The van der Waals surface area contributed by atoms with E-state index in [1.54, 1.807) is 0 Å². The number of ether oxygens (including phenoxy) is 2. The van der Waals surface area contributed by atoms with Gasteiger partial charge in [0.1, 0.15) is 0 Å². The summed E-state index contributed by atoms with van der Waals surface area (Å²) in [5, 5.41) is 3.44. The number of primary amides is 1. The van der Waals surface area contributed by atoms with Gasteiger partial charge in [0.2, 0.25) is 12.7 Å². The lowest BCUT2D eigenvalue weighted by molar-refractivity contribution is -0.119. The van der Waals surface area contributed by atoms with Crippen LogP contribution < -0.4 is 20.5 Å². The van der Waals surface area contributed by atoms with Crippen molar-refractivity contribution in [2.75, 3.05) is 13.3 Å². The number of hydrogen-bond donors (Lipinski definition) is 2. The van der Waals surface area contributed by atoms with Crippen LogP contribution >= 0.6 is 0 Å². The highest BCUT2D eigenvalue weighted by molar-refractivity contribution is 5.75. The maximum atomic E-state index is 11.3. The average molecular weight is 292 g/mol. The molecule has 0 bridgehead atoms. The standard InChI is InChI=1S/C16H24N2O3/c1-3-8-18-16(2,10-15(17)19)7-6-12-4-5-13-14(9-12)21-11-20-13/h4-5,9,18H,3,6-8,10-11H2,1-2H3,(H2,17,19). The number of carbonyl (C=O) groups excluding carboxylic acids is 1. The largest absolute Gasteiger partial charge is 0.454 e. The van der Waals surface area contributed by atoms with Crippen LogP contribution in [-0.2, 0) is 11.2 Å². The summed E-state index contributed by atoms with van der Waals surface area (Å²) in [6.07, 6.45) is 3.07. The van der Waals surface area contributed by atoms with Crippen molar-refractivity contribution < 1.29 is 14.3 Å². The molecule has 1 amide bonds. The molecule has 0 saturated carbocycles. The monoisotopic (exact) mass is 292 g/mol. The van der Waals surface area contributed by atoms with Crippen molar-refractivity contribution in [1.82, 2.24) is 5.32 Å². The molecule has 0 fully saturated rings. The fourth-order valence-electron chi connectivity index (χ4n) is 2.57. The Balaban J connectivity index is 1.98. The molecule has 1 aliphatic rings. The van der Waals surface area contributed by atoms with Gasteiger partial charge in [0.05, 0.1) is 0 Å². The Hall–Kier alpha value is -1.75. The van der Waals surface area contributed by atoms with Gasteiger partial charge in [0, 0.05) is 12.0 Å². The van der Waals surface area contributed by atoms with Gasteiger partial charge in [-0.1, -0.05) is 13.0 Å². The summed E-state index contributed by atoms with van der Waals surface area (Å²) in [6.45, 7) is 5.33. The molecule has 0 radical (unpaired) electrons. The molecule has 116 valence electrons. The van der Waals surface area contributed by atoms with E-state index in [0.717, 1.165) is 37.3 Å². The second-order valence-corrected chi connectivity index (χ2v) is 5.82. The van der Waals surface area contributed by atoms with Crippen molar-refractivity contribution in [3.8, 4) is 11.5 Å². The molecule has 2 rings (SSSR count). The Morgan fingerprint density at radius 3 is 2.86 bits per heavy atom. The van der Waals surface area contributed by atoms with Crippen LogP contribution in [0.3, 0.4) is 0 Å². The van der Waals surface area contributed by atoms with E-state index < -0.39 is 0 Å². The predicted molar refractivity (Wildman–Crippen MR) is 81.4 cm³/mol. The minimum atomic E-state index is -0.271. The van der Waals surface area contributed by atoms with Gasteiger partial charge in [-0.2, -0.15) is 0 Å². The molecule has 1 atom stereocenters. The molecule has 1 aromatic rings. The molecule has 3 N–H and O–H groups in total. The van der Waals surface area contributed by atoms with Gasteiger partial charge in [0.15, 0.2) is 11.5 Å². The van der Waals surface area contributed by atoms with E-state index >= 15 is 0 Å². The van der Waals surface area contributed by atoms with Crippen LogP contribution in [0.4, 0.5) is 0 Å². The van der Waals surface area contributed by atoms with Gasteiger partial charge in [-0.15, -0.1) is 0 Å². The zero-order valence-electron chi connectivity index (χ0n) is 12.8. The topological polar surface area (TPSA) is 73.6 Å². The Kier molecular flexibility index (Phi) is 5.07. The molecule has 0 aliphatic carbocycles. The maximum absolute atomic E-state index is 11.3. The highest BCUT2D eigenvalue weighted by Gasteiger charge is 2.25. The van der Waals surface area contributed by atoms with Crippen LogP contribution in [0, 0.1) is 0 Å². The number of rotatable bonds is 8. The zero-order valence-corrected chi connectivity index (χ0v) is 12.8. The normalized spacial score (nSPS) is 15.7. The molecular weight excluding hydrogens is 268 g/mol. The zero-order chi connectivity index (χ0) is 15.3. The quantitative estimate of drug-likeness (QED) is 0.768. The number of carbonyl (C=O) groups is 1. The molecule has 0 saturated heterocycles. The first-order chi connectivity index (χ1) is 10.0. The molecule has 1 heterocycles. The van der Waals surface area contributed by atoms with Crippen molar-refractivity contribution in [2.24, 2.45) is 5.73 Å². The first-order valence-corrected chi connectivity index (χ1v) is 7.44. The fourth-order valence-corrected chi connectivity index (χ4v) is 2.57. The minimum absolute atomic E-state index is 0.266. The summed E-state index contributed by atoms with van der Waals surface area (Å²) >= 11 is 0. The Labute approximate surface area is 125 Å². The van der Waals surface area contributed by atoms with Gasteiger partial charge in [-0.25, -0.2) is 0 Å². The lowest BCUT2D eigenvalue weighted by Gasteiger charge is -2.30. The maximum Gasteiger partial charge on any atom is 0.231 e. The summed E-state index contributed by atoms with van der Waals surface area (Å²) < 4.78 is 10.7. The molecule has 0 aromatic heterocycles. The summed E-state index contributed by atoms with van der Waals surface area (Å²) in [6, 6.07) is 5.98. The lowest BCUT2D eigenvalue weighted by atomic mass is 9.89. The fraction of sp³-hybridized carbons (Fsp3) is 0.562. The molecule has 5 nitrogen and oxygen atoms in total. The molecule has 1 unspecified atom stereocenters. The summed E-state index contributed by atoms with van der Waals surface area (Å²) in [5.41, 5.74) is 6.29. The molecule has 1 aromatic carbocycles. The second kappa shape index (κ2) is 6.80. The van der Waals surface area contributed by atoms with Crippen molar-refractivity contribution in [3.05, 3.63) is 23.8 Å². The Morgan fingerprint density at radius 1 is 1.38 bits per heavy atom. The van der Waals surface area contributed by atoms with E-state index in [2.05, 4.69) is 19.2 Å². The number of aryl methyl sites for hydroxylation is 1. The van der Waals surface area contributed by atoms with E-state index in [1.807, 2.05) is 18.2 Å². The van der Waals surface area contributed by atoms with E-state index in [1.165, 1.54) is 5.56 Å². The molecular formula is C16H24N2O3. The number of nitrogens with one attached hydrogen (secondary N) is 1. The third-order valence-electron chi connectivity index (χ3n) is 3.77. The SMILES string of the molecule is CCCNC(C)(CCc1ccc2c(c1)OCO2)CC(N)=O. The number of amides is 1. The molecule has 1 aliphatic heterocycles. The average Bonchev–Trinajstić information content (AvgIpc) is 2.90. The Morgan fingerprint density at radius 2 is 2.14 bits per heavy atom. The van der Waals surface area contributed by atoms with E-state index in [0.29, 0.717) is 6.42 Å². The van der Waals surface area contributed by atoms with Gasteiger partial charge < -0.3 is 20.5 Å². The first kappa shape index (κ1) is 15.6. The summed E-state index contributed by atoms with van der Waals surface area (Å²) in [7, 11) is 0. The van der Waals surface area contributed by atoms with E-state index in [9.17, 15) is 4.79 Å². The second-order valence-electron chi connectivity index (χ2n) is 5.82. The highest BCUT2D eigenvalue weighted by atomic mass is 16.7. The van der Waals surface area contributed by atoms with E-state index in [-0.39, 0.29) is 18.2 Å². The number of hydrogen-bond acceptors (Lipinski definition) is 4. The van der Waals surface area contributed by atoms with Crippen molar-refractivity contribution in [2.45, 2.75) is 45.1 Å². The van der Waals surface area contributed by atoms with Crippen LogP contribution in [-0.4, -0.2) is 24.8 Å². The van der Waals surface area contributed by atoms with Crippen LogP contribution in [0.1, 0.15) is 38.7 Å². The van der Waals surface area contributed by atoms with Crippen molar-refractivity contribution in [3.63, 3.8) is 0 Å². The number of nitrogens with two attached hydrogens (primary N) is 1. The third kappa shape index (κ3) is 4.36. The summed E-state index contributed by atoms with van der Waals surface area (Å²) in [5.74, 6) is 1.32.